The second kappa shape index (κ2) is 9.67. The molecule has 0 heterocycles. The summed E-state index contributed by atoms with van der Waals surface area (Å²) in [5.74, 6) is 0.988. The normalized spacial score (nSPS) is 21.5. The van der Waals surface area contributed by atoms with Gasteiger partial charge in [-0.1, -0.05) is 64.7 Å². The standard InChI is InChI=1S/C16H30O/c1-2-3-4-5-6-7-9-12-15-13-10-8-11-14-16(15)17/h15H,2-14H2,1H3. The lowest BCUT2D eigenvalue weighted by atomic mass is 9.92. The highest BCUT2D eigenvalue weighted by Gasteiger charge is 2.19. The molecule has 1 aliphatic carbocycles. The minimum absolute atomic E-state index is 0.424. The van der Waals surface area contributed by atoms with E-state index < -0.39 is 0 Å². The van der Waals surface area contributed by atoms with Crippen molar-refractivity contribution in [1.82, 2.24) is 0 Å². The molecular formula is C16H30O. The Hall–Kier alpha value is -0.330. The van der Waals surface area contributed by atoms with Gasteiger partial charge in [0.15, 0.2) is 0 Å². The second-order valence-electron chi connectivity index (χ2n) is 5.67. The Morgan fingerprint density at radius 1 is 0.941 bits per heavy atom. The maximum absolute atomic E-state index is 11.8. The second-order valence-corrected chi connectivity index (χ2v) is 5.67. The van der Waals surface area contributed by atoms with Gasteiger partial charge >= 0.3 is 0 Å². The summed E-state index contributed by atoms with van der Waals surface area (Å²) in [6.45, 7) is 2.26. The average Bonchev–Trinajstić information content (AvgIpc) is 2.53. The van der Waals surface area contributed by atoms with Gasteiger partial charge < -0.3 is 0 Å². The lowest BCUT2D eigenvalue weighted by molar-refractivity contribution is -0.122. The van der Waals surface area contributed by atoms with Crippen LogP contribution in [0.4, 0.5) is 0 Å². The summed E-state index contributed by atoms with van der Waals surface area (Å²) in [5.41, 5.74) is 0. The molecule has 0 aromatic heterocycles. The van der Waals surface area contributed by atoms with Crippen molar-refractivity contribution in [2.24, 2.45) is 5.92 Å². The lowest BCUT2D eigenvalue weighted by Crippen LogP contribution is -2.12. The van der Waals surface area contributed by atoms with Crippen molar-refractivity contribution in [2.45, 2.75) is 90.4 Å². The molecule has 1 atom stereocenters. The van der Waals surface area contributed by atoms with Crippen LogP contribution >= 0.6 is 0 Å². The van der Waals surface area contributed by atoms with Crippen LogP contribution in [0.1, 0.15) is 90.4 Å². The van der Waals surface area contributed by atoms with Gasteiger partial charge in [-0.3, -0.25) is 4.79 Å². The Balaban J connectivity index is 1.99. The molecule has 0 aromatic carbocycles. The first-order chi connectivity index (χ1) is 8.34. The number of hydrogen-bond acceptors (Lipinski definition) is 1. The zero-order valence-electron chi connectivity index (χ0n) is 11.7. The van der Waals surface area contributed by atoms with E-state index in [1.807, 2.05) is 0 Å². The molecule has 0 aliphatic heterocycles. The van der Waals surface area contributed by atoms with Crippen LogP contribution in [0.2, 0.25) is 0 Å². The van der Waals surface area contributed by atoms with Crippen LogP contribution in [0.5, 0.6) is 0 Å². The fraction of sp³-hybridized carbons (Fsp3) is 0.938. The SMILES string of the molecule is CCCCCCCCCC1CCCCCC1=O. The zero-order valence-corrected chi connectivity index (χ0v) is 11.7. The Bertz CT molecular complexity index is 198. The Labute approximate surface area is 107 Å². The minimum atomic E-state index is 0.424. The lowest BCUT2D eigenvalue weighted by Gasteiger charge is -2.12. The molecule has 17 heavy (non-hydrogen) atoms. The number of unbranched alkanes of at least 4 members (excludes halogenated alkanes) is 6. The highest BCUT2D eigenvalue weighted by Crippen LogP contribution is 2.24. The fourth-order valence-electron chi connectivity index (χ4n) is 2.89. The molecule has 0 spiro atoms. The first-order valence-corrected chi connectivity index (χ1v) is 7.87. The van der Waals surface area contributed by atoms with Crippen LogP contribution < -0.4 is 0 Å². The Morgan fingerprint density at radius 3 is 2.41 bits per heavy atom. The summed E-state index contributed by atoms with van der Waals surface area (Å²) in [4.78, 5) is 11.8. The summed E-state index contributed by atoms with van der Waals surface area (Å²) >= 11 is 0. The van der Waals surface area contributed by atoms with Crippen molar-refractivity contribution >= 4 is 5.78 Å². The van der Waals surface area contributed by atoms with Crippen LogP contribution in [0.15, 0.2) is 0 Å². The van der Waals surface area contributed by atoms with Crippen molar-refractivity contribution in [1.29, 1.82) is 0 Å². The van der Waals surface area contributed by atoms with E-state index in [2.05, 4.69) is 6.92 Å². The number of carbonyl (C=O) groups excluding carboxylic acids is 1. The predicted octanol–water partition coefficient (Wildman–Crippen LogP) is 5.28. The van der Waals surface area contributed by atoms with Crippen molar-refractivity contribution in [3.05, 3.63) is 0 Å². The highest BCUT2D eigenvalue weighted by molar-refractivity contribution is 5.81. The van der Waals surface area contributed by atoms with Gasteiger partial charge in [-0.25, -0.2) is 0 Å². The van der Waals surface area contributed by atoms with Crippen molar-refractivity contribution in [3.63, 3.8) is 0 Å². The van der Waals surface area contributed by atoms with Gasteiger partial charge in [0.2, 0.25) is 0 Å². The molecule has 1 nitrogen and oxygen atoms in total. The summed E-state index contributed by atoms with van der Waals surface area (Å²) in [5, 5.41) is 0. The number of hydrogen-bond donors (Lipinski definition) is 0. The molecule has 1 heteroatoms. The van der Waals surface area contributed by atoms with Gasteiger partial charge in [-0.05, 0) is 19.3 Å². The third-order valence-electron chi connectivity index (χ3n) is 4.09. The van der Waals surface area contributed by atoms with Crippen molar-refractivity contribution < 1.29 is 4.79 Å². The molecule has 0 saturated heterocycles. The van der Waals surface area contributed by atoms with Crippen LogP contribution in [-0.2, 0) is 4.79 Å². The highest BCUT2D eigenvalue weighted by atomic mass is 16.1. The molecule has 0 bridgehead atoms. The van der Waals surface area contributed by atoms with Gasteiger partial charge in [-0.2, -0.15) is 0 Å². The maximum atomic E-state index is 11.8. The number of carbonyl (C=O) groups is 1. The average molecular weight is 238 g/mol. The van der Waals surface area contributed by atoms with Gasteiger partial charge in [0, 0.05) is 12.3 Å². The Morgan fingerprint density at radius 2 is 1.65 bits per heavy atom. The molecule has 0 N–H and O–H groups in total. The molecule has 0 aromatic rings. The maximum Gasteiger partial charge on any atom is 0.135 e. The summed E-state index contributed by atoms with van der Waals surface area (Å²) in [6.07, 6.45) is 16.4. The fourth-order valence-corrected chi connectivity index (χ4v) is 2.89. The van der Waals surface area contributed by atoms with E-state index in [9.17, 15) is 4.79 Å². The largest absolute Gasteiger partial charge is 0.299 e. The molecule has 0 radical (unpaired) electrons. The van der Waals surface area contributed by atoms with Crippen molar-refractivity contribution in [3.8, 4) is 0 Å². The Kier molecular flexibility index (Phi) is 8.38. The molecule has 0 amide bonds. The first-order valence-electron chi connectivity index (χ1n) is 7.87. The summed E-state index contributed by atoms with van der Waals surface area (Å²) in [7, 11) is 0. The smallest absolute Gasteiger partial charge is 0.135 e. The van der Waals surface area contributed by atoms with Crippen molar-refractivity contribution in [2.75, 3.05) is 0 Å². The zero-order chi connectivity index (χ0) is 12.3. The number of rotatable bonds is 8. The number of ketones is 1. The van der Waals surface area contributed by atoms with E-state index in [0.717, 1.165) is 12.8 Å². The van der Waals surface area contributed by atoms with Gasteiger partial charge in [0.1, 0.15) is 5.78 Å². The van der Waals surface area contributed by atoms with E-state index in [0.29, 0.717) is 11.7 Å². The van der Waals surface area contributed by atoms with Gasteiger partial charge in [0.25, 0.3) is 0 Å². The van der Waals surface area contributed by atoms with Crippen LogP contribution in [0.3, 0.4) is 0 Å². The van der Waals surface area contributed by atoms with E-state index in [4.69, 9.17) is 0 Å². The molecular weight excluding hydrogens is 208 g/mol. The molecule has 100 valence electrons. The summed E-state index contributed by atoms with van der Waals surface area (Å²) in [6, 6.07) is 0. The third kappa shape index (κ3) is 6.85. The van der Waals surface area contributed by atoms with Crippen LogP contribution in [0, 0.1) is 5.92 Å². The molecule has 1 fully saturated rings. The minimum Gasteiger partial charge on any atom is -0.299 e. The van der Waals surface area contributed by atoms with E-state index >= 15 is 0 Å². The van der Waals surface area contributed by atoms with Crippen LogP contribution in [-0.4, -0.2) is 5.78 Å². The first kappa shape index (κ1) is 14.7. The molecule has 1 unspecified atom stereocenters. The number of Topliss-reactive ketones (excluding diaryl/α,β-unsaturated/α-hetero) is 1. The van der Waals surface area contributed by atoms with Crippen LogP contribution in [0.25, 0.3) is 0 Å². The monoisotopic (exact) mass is 238 g/mol. The quantitative estimate of drug-likeness (QED) is 0.415. The van der Waals surface area contributed by atoms with E-state index in [1.165, 1.54) is 70.6 Å². The molecule has 1 aliphatic rings. The topological polar surface area (TPSA) is 17.1 Å². The molecule has 1 rings (SSSR count). The van der Waals surface area contributed by atoms with Gasteiger partial charge in [-0.15, -0.1) is 0 Å². The predicted molar refractivity (Wildman–Crippen MR) is 74.2 cm³/mol. The molecule has 1 saturated carbocycles. The van der Waals surface area contributed by atoms with E-state index in [-0.39, 0.29) is 0 Å². The van der Waals surface area contributed by atoms with Gasteiger partial charge in [0.05, 0.1) is 0 Å². The van der Waals surface area contributed by atoms with E-state index in [1.54, 1.807) is 0 Å². The summed E-state index contributed by atoms with van der Waals surface area (Å²) < 4.78 is 0. The third-order valence-corrected chi connectivity index (χ3v) is 4.09.